The van der Waals surface area contributed by atoms with Crippen LogP contribution in [0.3, 0.4) is 0 Å². The van der Waals surface area contributed by atoms with E-state index in [0.29, 0.717) is 12.4 Å². The summed E-state index contributed by atoms with van der Waals surface area (Å²) in [5.74, 6) is 3.32. The van der Waals surface area contributed by atoms with Gasteiger partial charge in [-0.15, -0.1) is 0 Å². The van der Waals surface area contributed by atoms with Crippen molar-refractivity contribution in [3.63, 3.8) is 0 Å². The Bertz CT molecular complexity index is 744. The number of aliphatic imine (C=N–C) groups is 1. The van der Waals surface area contributed by atoms with Gasteiger partial charge in [-0.2, -0.15) is 0 Å². The maximum Gasteiger partial charge on any atom is 0.214 e. The Morgan fingerprint density at radius 1 is 1.27 bits per heavy atom. The van der Waals surface area contributed by atoms with E-state index in [4.69, 9.17) is 9.15 Å². The zero-order valence-electron chi connectivity index (χ0n) is 16.0. The summed E-state index contributed by atoms with van der Waals surface area (Å²) in [6.45, 7) is 8.10. The third kappa shape index (κ3) is 4.09. The molecule has 7 heteroatoms. The maximum atomic E-state index is 5.63. The first-order valence-corrected chi connectivity index (χ1v) is 8.88. The highest BCUT2D eigenvalue weighted by atomic mass is 16.5. The summed E-state index contributed by atoms with van der Waals surface area (Å²) in [6.07, 6.45) is 0. The van der Waals surface area contributed by atoms with E-state index in [9.17, 15) is 0 Å². The summed E-state index contributed by atoms with van der Waals surface area (Å²) in [5, 5.41) is 3.35. The lowest BCUT2D eigenvalue weighted by atomic mass is 10.2. The Morgan fingerprint density at radius 2 is 2.04 bits per heavy atom. The summed E-state index contributed by atoms with van der Waals surface area (Å²) < 4.78 is 11.0. The number of oxazole rings is 1. The Hall–Kier alpha value is -2.70. The van der Waals surface area contributed by atoms with Gasteiger partial charge in [-0.1, -0.05) is 6.07 Å². The molecule has 1 aromatic carbocycles. The lowest BCUT2D eigenvalue weighted by Gasteiger charge is -2.37. The van der Waals surface area contributed by atoms with Gasteiger partial charge in [0.2, 0.25) is 5.89 Å². The summed E-state index contributed by atoms with van der Waals surface area (Å²) in [7, 11) is 3.51. The number of nitrogens with zero attached hydrogens (tertiary/aromatic N) is 4. The quantitative estimate of drug-likeness (QED) is 0.668. The smallest absolute Gasteiger partial charge is 0.214 e. The van der Waals surface area contributed by atoms with E-state index in [1.54, 1.807) is 7.11 Å². The molecule has 0 spiro atoms. The summed E-state index contributed by atoms with van der Waals surface area (Å²) >= 11 is 0. The molecule has 0 saturated carbocycles. The molecule has 1 aliphatic heterocycles. The average molecular weight is 357 g/mol. The van der Waals surface area contributed by atoms with Crippen molar-refractivity contribution in [1.82, 2.24) is 15.2 Å². The molecular formula is C19H27N5O2. The van der Waals surface area contributed by atoms with Crippen LogP contribution in [0.2, 0.25) is 0 Å². The van der Waals surface area contributed by atoms with E-state index in [1.165, 1.54) is 5.69 Å². The second kappa shape index (κ2) is 8.12. The molecule has 0 radical (unpaired) electrons. The highest BCUT2D eigenvalue weighted by Gasteiger charge is 2.20. The molecule has 1 aromatic heterocycles. The van der Waals surface area contributed by atoms with Crippen LogP contribution in [-0.2, 0) is 6.54 Å². The number of ether oxygens (including phenoxy) is 1. The Kier molecular flexibility index (Phi) is 5.65. The van der Waals surface area contributed by atoms with Gasteiger partial charge in [0.1, 0.15) is 11.5 Å². The molecule has 0 atom stereocenters. The van der Waals surface area contributed by atoms with Crippen LogP contribution in [0, 0.1) is 13.8 Å². The van der Waals surface area contributed by atoms with Crippen molar-refractivity contribution in [1.29, 1.82) is 0 Å². The van der Waals surface area contributed by atoms with E-state index >= 15 is 0 Å². The molecule has 1 fully saturated rings. The fraction of sp³-hybridized carbons (Fsp3) is 0.474. The zero-order chi connectivity index (χ0) is 18.5. The van der Waals surface area contributed by atoms with Gasteiger partial charge < -0.3 is 24.3 Å². The number of nitrogens with one attached hydrogen (secondary N) is 1. The van der Waals surface area contributed by atoms with Gasteiger partial charge in [-0.05, 0) is 26.0 Å². The molecule has 2 heterocycles. The number of methoxy groups -OCH3 is 1. The van der Waals surface area contributed by atoms with Crippen molar-refractivity contribution in [3.05, 3.63) is 41.6 Å². The van der Waals surface area contributed by atoms with E-state index < -0.39 is 0 Å². The van der Waals surface area contributed by atoms with Gasteiger partial charge in [0.25, 0.3) is 0 Å². The minimum atomic E-state index is 0.539. The number of piperazine rings is 1. The van der Waals surface area contributed by atoms with Crippen molar-refractivity contribution in [3.8, 4) is 5.75 Å². The van der Waals surface area contributed by atoms with Crippen molar-refractivity contribution in [2.24, 2.45) is 4.99 Å². The van der Waals surface area contributed by atoms with Gasteiger partial charge >= 0.3 is 0 Å². The number of anilines is 1. The molecule has 0 bridgehead atoms. The second-order valence-corrected chi connectivity index (χ2v) is 6.33. The van der Waals surface area contributed by atoms with Crippen LogP contribution in [-0.4, -0.2) is 56.2 Å². The number of hydrogen-bond donors (Lipinski definition) is 1. The Morgan fingerprint density at radius 3 is 2.65 bits per heavy atom. The largest absolute Gasteiger partial charge is 0.497 e. The van der Waals surface area contributed by atoms with Crippen LogP contribution in [0.5, 0.6) is 5.75 Å². The molecule has 2 aromatic rings. The molecule has 7 nitrogen and oxygen atoms in total. The predicted molar refractivity (Wildman–Crippen MR) is 103 cm³/mol. The van der Waals surface area contributed by atoms with Gasteiger partial charge in [0, 0.05) is 45.0 Å². The Labute approximate surface area is 154 Å². The number of aryl methyl sites for hydroxylation is 2. The molecule has 0 amide bonds. The van der Waals surface area contributed by atoms with Crippen molar-refractivity contribution in [2.75, 3.05) is 45.2 Å². The van der Waals surface area contributed by atoms with Gasteiger partial charge in [0.15, 0.2) is 5.96 Å². The average Bonchev–Trinajstić information content (AvgIpc) is 3.00. The monoisotopic (exact) mass is 357 g/mol. The summed E-state index contributed by atoms with van der Waals surface area (Å²) in [5.41, 5.74) is 2.13. The van der Waals surface area contributed by atoms with Crippen molar-refractivity contribution in [2.45, 2.75) is 20.4 Å². The molecule has 140 valence electrons. The third-order valence-corrected chi connectivity index (χ3v) is 4.68. The molecule has 3 rings (SSSR count). The number of hydrogen-bond acceptors (Lipinski definition) is 5. The second-order valence-electron chi connectivity index (χ2n) is 6.33. The fourth-order valence-corrected chi connectivity index (χ4v) is 3.09. The summed E-state index contributed by atoms with van der Waals surface area (Å²) in [4.78, 5) is 13.4. The molecule has 0 aliphatic carbocycles. The van der Waals surface area contributed by atoms with Crippen LogP contribution in [0.15, 0.2) is 33.7 Å². The number of aromatic nitrogens is 1. The standard InChI is InChI=1S/C19H27N5O2/c1-14-15(2)26-18(22-14)13-21-19(20-3)24-10-8-23(9-11-24)16-6-5-7-17(12-16)25-4/h5-7,12H,8-11,13H2,1-4H3,(H,20,21). The molecule has 1 N–H and O–H groups in total. The number of guanidine groups is 1. The van der Waals surface area contributed by atoms with Crippen LogP contribution < -0.4 is 15.0 Å². The topological polar surface area (TPSA) is 66.1 Å². The van der Waals surface area contributed by atoms with Crippen LogP contribution in [0.1, 0.15) is 17.3 Å². The van der Waals surface area contributed by atoms with Crippen molar-refractivity contribution < 1.29 is 9.15 Å². The SMILES string of the molecule is CN=C(NCc1nc(C)c(C)o1)N1CCN(c2cccc(OC)c2)CC1. The minimum absolute atomic E-state index is 0.539. The zero-order valence-corrected chi connectivity index (χ0v) is 16.0. The fourth-order valence-electron chi connectivity index (χ4n) is 3.09. The number of rotatable bonds is 4. The van der Waals surface area contributed by atoms with Crippen LogP contribution >= 0.6 is 0 Å². The van der Waals surface area contributed by atoms with E-state index in [2.05, 4.69) is 37.2 Å². The van der Waals surface area contributed by atoms with Crippen molar-refractivity contribution >= 4 is 11.6 Å². The third-order valence-electron chi connectivity index (χ3n) is 4.68. The van der Waals surface area contributed by atoms with E-state index in [-0.39, 0.29) is 0 Å². The highest BCUT2D eigenvalue weighted by Crippen LogP contribution is 2.22. The van der Waals surface area contributed by atoms with Gasteiger partial charge in [-0.3, -0.25) is 4.99 Å². The first kappa shape index (κ1) is 18.1. The lowest BCUT2D eigenvalue weighted by molar-refractivity contribution is 0.368. The van der Waals surface area contributed by atoms with Crippen LogP contribution in [0.4, 0.5) is 5.69 Å². The Balaban J connectivity index is 1.55. The lowest BCUT2D eigenvalue weighted by Crippen LogP contribution is -2.52. The van der Waals surface area contributed by atoms with E-state index in [0.717, 1.165) is 49.3 Å². The highest BCUT2D eigenvalue weighted by molar-refractivity contribution is 5.80. The molecule has 26 heavy (non-hydrogen) atoms. The molecular weight excluding hydrogens is 330 g/mol. The molecule has 1 aliphatic rings. The van der Waals surface area contributed by atoms with Gasteiger partial charge in [0.05, 0.1) is 19.3 Å². The number of benzene rings is 1. The van der Waals surface area contributed by atoms with Crippen LogP contribution in [0.25, 0.3) is 0 Å². The molecule has 0 unspecified atom stereocenters. The first-order valence-electron chi connectivity index (χ1n) is 8.88. The normalized spacial score (nSPS) is 15.3. The predicted octanol–water partition coefficient (Wildman–Crippen LogP) is 2.20. The molecule has 1 saturated heterocycles. The first-order chi connectivity index (χ1) is 12.6. The van der Waals surface area contributed by atoms with E-state index in [1.807, 2.05) is 33.0 Å². The summed E-state index contributed by atoms with van der Waals surface area (Å²) in [6, 6.07) is 8.20. The maximum absolute atomic E-state index is 5.63. The minimum Gasteiger partial charge on any atom is -0.497 e. The van der Waals surface area contributed by atoms with Gasteiger partial charge in [-0.25, -0.2) is 4.98 Å².